The Hall–Kier alpha value is -4.09. The fraction of sp³-hybridized carbons (Fsp3) is 0.0714. The van der Waals surface area contributed by atoms with E-state index in [2.05, 4.69) is 5.32 Å². The number of methoxy groups -OCH3 is 1. The first-order valence-corrected chi connectivity index (χ1v) is 11.1. The maximum Gasteiger partial charge on any atom is 0.255 e. The van der Waals surface area contributed by atoms with Gasteiger partial charge in [0, 0.05) is 33.8 Å². The highest BCUT2D eigenvalue weighted by Crippen LogP contribution is 2.30. The van der Waals surface area contributed by atoms with Crippen LogP contribution in [0.3, 0.4) is 0 Å². The lowest BCUT2D eigenvalue weighted by molar-refractivity contribution is -0.113. The topological polar surface area (TPSA) is 60.5 Å². The molecule has 0 aliphatic carbocycles. The standard InChI is InChI=1S/C28H21ClN2O3/c1-33-24-11-8-18(9-12-24)25-6-3-7-26(31-25)19-4-2-5-23(16-19)30-28(32)21-14-20-15-22(29)10-13-27(20)34-17-21/h2-13,15-17H,14H2,1H3,(H,30,32). The van der Waals surface area contributed by atoms with E-state index in [0.29, 0.717) is 28.5 Å². The molecule has 6 heteroatoms. The second-order valence-corrected chi connectivity index (χ2v) is 8.30. The minimum absolute atomic E-state index is 0.220. The predicted molar refractivity (Wildman–Crippen MR) is 134 cm³/mol. The van der Waals surface area contributed by atoms with Gasteiger partial charge in [-0.05, 0) is 66.7 Å². The number of hydrogen-bond acceptors (Lipinski definition) is 4. The van der Waals surface area contributed by atoms with Gasteiger partial charge in [-0.2, -0.15) is 0 Å². The van der Waals surface area contributed by atoms with Crippen LogP contribution >= 0.6 is 11.6 Å². The van der Waals surface area contributed by atoms with Gasteiger partial charge in [0.05, 0.1) is 24.1 Å². The lowest BCUT2D eigenvalue weighted by Crippen LogP contribution is -2.19. The molecule has 5 nitrogen and oxygen atoms in total. The van der Waals surface area contributed by atoms with E-state index in [-0.39, 0.29) is 5.91 Å². The SMILES string of the molecule is COc1ccc(-c2cccc(-c3cccc(NC(=O)C4=COc5ccc(Cl)cc5C4)c3)n2)cc1. The molecule has 0 saturated carbocycles. The van der Waals surface area contributed by atoms with E-state index in [1.165, 1.54) is 6.26 Å². The van der Waals surface area contributed by atoms with Crippen LogP contribution in [0.2, 0.25) is 5.02 Å². The van der Waals surface area contributed by atoms with Gasteiger partial charge >= 0.3 is 0 Å². The molecule has 0 atom stereocenters. The van der Waals surface area contributed by atoms with E-state index in [9.17, 15) is 4.79 Å². The minimum atomic E-state index is -0.220. The van der Waals surface area contributed by atoms with Crippen LogP contribution in [0.25, 0.3) is 22.5 Å². The van der Waals surface area contributed by atoms with Crippen molar-refractivity contribution in [2.45, 2.75) is 6.42 Å². The second-order valence-electron chi connectivity index (χ2n) is 7.86. The first-order chi connectivity index (χ1) is 16.6. The Morgan fingerprint density at radius 2 is 1.71 bits per heavy atom. The molecular formula is C28H21ClN2O3. The molecule has 34 heavy (non-hydrogen) atoms. The monoisotopic (exact) mass is 468 g/mol. The third kappa shape index (κ3) is 4.65. The maximum absolute atomic E-state index is 12.9. The third-order valence-corrected chi connectivity index (χ3v) is 5.81. The van der Waals surface area contributed by atoms with Gasteiger partial charge in [-0.3, -0.25) is 4.79 Å². The Balaban J connectivity index is 1.34. The average Bonchev–Trinajstić information content (AvgIpc) is 2.88. The summed E-state index contributed by atoms with van der Waals surface area (Å²) < 4.78 is 10.9. The lowest BCUT2D eigenvalue weighted by Gasteiger charge is -2.17. The Morgan fingerprint density at radius 1 is 0.941 bits per heavy atom. The maximum atomic E-state index is 12.9. The normalized spacial score (nSPS) is 12.2. The van der Waals surface area contributed by atoms with E-state index >= 15 is 0 Å². The molecule has 1 amide bonds. The first kappa shape index (κ1) is 21.7. The first-order valence-electron chi connectivity index (χ1n) is 10.8. The minimum Gasteiger partial charge on any atom is -0.497 e. The summed E-state index contributed by atoms with van der Waals surface area (Å²) in [5.74, 6) is 1.29. The molecule has 1 aromatic heterocycles. The number of pyridine rings is 1. The van der Waals surface area contributed by atoms with Crippen LogP contribution in [0.4, 0.5) is 5.69 Å². The number of carbonyl (C=O) groups is 1. The molecule has 0 spiro atoms. The number of nitrogens with one attached hydrogen (secondary N) is 1. The molecule has 0 unspecified atom stereocenters. The molecule has 0 saturated heterocycles. The van der Waals surface area contributed by atoms with E-state index in [1.807, 2.05) is 72.8 Å². The summed E-state index contributed by atoms with van der Waals surface area (Å²) in [5.41, 5.74) is 5.66. The van der Waals surface area contributed by atoms with Crippen molar-refractivity contribution in [3.8, 4) is 34.0 Å². The third-order valence-electron chi connectivity index (χ3n) is 5.57. The number of halogens is 1. The number of fused-ring (bicyclic) bond motifs is 1. The van der Waals surface area contributed by atoms with Gasteiger partial charge in [-0.15, -0.1) is 0 Å². The van der Waals surface area contributed by atoms with Gasteiger partial charge in [0.25, 0.3) is 5.91 Å². The summed E-state index contributed by atoms with van der Waals surface area (Å²) in [6.45, 7) is 0. The van der Waals surface area contributed by atoms with Crippen LogP contribution in [0.1, 0.15) is 5.56 Å². The largest absolute Gasteiger partial charge is 0.497 e. The molecule has 2 heterocycles. The van der Waals surface area contributed by atoms with E-state index in [4.69, 9.17) is 26.1 Å². The zero-order valence-corrected chi connectivity index (χ0v) is 19.2. The highest BCUT2D eigenvalue weighted by Gasteiger charge is 2.19. The summed E-state index contributed by atoms with van der Waals surface area (Å²) in [6, 6.07) is 26.7. The van der Waals surface area contributed by atoms with Crippen molar-refractivity contribution in [3.63, 3.8) is 0 Å². The molecule has 0 fully saturated rings. The summed E-state index contributed by atoms with van der Waals surface area (Å²) in [6.07, 6.45) is 1.95. The van der Waals surface area contributed by atoms with Crippen molar-refractivity contribution in [1.82, 2.24) is 4.98 Å². The fourth-order valence-electron chi connectivity index (χ4n) is 3.80. The zero-order valence-electron chi connectivity index (χ0n) is 18.4. The quantitative estimate of drug-likeness (QED) is 0.361. The number of benzene rings is 3. The highest BCUT2D eigenvalue weighted by atomic mass is 35.5. The van der Waals surface area contributed by atoms with Crippen LogP contribution < -0.4 is 14.8 Å². The van der Waals surface area contributed by atoms with Crippen molar-refractivity contribution < 1.29 is 14.3 Å². The number of anilines is 1. The Bertz CT molecular complexity index is 1400. The van der Waals surface area contributed by atoms with Crippen molar-refractivity contribution in [1.29, 1.82) is 0 Å². The van der Waals surface area contributed by atoms with E-state index < -0.39 is 0 Å². The molecule has 4 aromatic rings. The van der Waals surface area contributed by atoms with Crippen LogP contribution in [-0.2, 0) is 11.2 Å². The van der Waals surface area contributed by atoms with Crippen molar-refractivity contribution in [3.05, 3.63) is 107 Å². The van der Waals surface area contributed by atoms with Crippen LogP contribution in [0.15, 0.2) is 96.8 Å². The Morgan fingerprint density at radius 3 is 2.50 bits per heavy atom. The number of aromatic nitrogens is 1. The van der Waals surface area contributed by atoms with Gasteiger partial charge in [-0.1, -0.05) is 29.8 Å². The molecule has 168 valence electrons. The number of amides is 1. The highest BCUT2D eigenvalue weighted by molar-refractivity contribution is 6.30. The summed E-state index contributed by atoms with van der Waals surface area (Å²) in [4.78, 5) is 17.7. The lowest BCUT2D eigenvalue weighted by atomic mass is 10.0. The van der Waals surface area contributed by atoms with Gasteiger partial charge in [0.15, 0.2) is 0 Å². The molecule has 5 rings (SSSR count). The van der Waals surface area contributed by atoms with Gasteiger partial charge in [0.2, 0.25) is 0 Å². The number of hydrogen-bond donors (Lipinski definition) is 1. The van der Waals surface area contributed by atoms with Crippen LogP contribution in [-0.4, -0.2) is 18.0 Å². The molecule has 3 aromatic carbocycles. The van der Waals surface area contributed by atoms with Crippen molar-refractivity contribution >= 4 is 23.2 Å². The average molecular weight is 469 g/mol. The molecule has 1 aliphatic heterocycles. The summed E-state index contributed by atoms with van der Waals surface area (Å²) >= 11 is 6.09. The van der Waals surface area contributed by atoms with E-state index in [0.717, 1.165) is 33.8 Å². The predicted octanol–water partition coefficient (Wildman–Crippen LogP) is 6.54. The number of nitrogens with zero attached hydrogens (tertiary/aromatic N) is 1. The Kier molecular flexibility index (Phi) is 6.02. The van der Waals surface area contributed by atoms with Crippen molar-refractivity contribution in [2.24, 2.45) is 0 Å². The van der Waals surface area contributed by atoms with Gasteiger partial charge < -0.3 is 14.8 Å². The van der Waals surface area contributed by atoms with Crippen LogP contribution in [0.5, 0.6) is 11.5 Å². The molecule has 1 N–H and O–H groups in total. The van der Waals surface area contributed by atoms with Gasteiger partial charge in [-0.25, -0.2) is 4.98 Å². The summed E-state index contributed by atoms with van der Waals surface area (Å²) in [7, 11) is 1.64. The number of carbonyl (C=O) groups excluding carboxylic acids is 1. The summed E-state index contributed by atoms with van der Waals surface area (Å²) in [5, 5.41) is 3.58. The molecule has 0 bridgehead atoms. The van der Waals surface area contributed by atoms with Gasteiger partial charge in [0.1, 0.15) is 17.8 Å². The Labute approximate surface area is 202 Å². The number of ether oxygens (including phenoxy) is 2. The second kappa shape index (κ2) is 9.41. The smallest absolute Gasteiger partial charge is 0.255 e. The fourth-order valence-corrected chi connectivity index (χ4v) is 4.00. The van der Waals surface area contributed by atoms with E-state index in [1.54, 1.807) is 19.2 Å². The van der Waals surface area contributed by atoms with Crippen molar-refractivity contribution in [2.75, 3.05) is 12.4 Å². The number of rotatable bonds is 5. The molecule has 0 radical (unpaired) electrons. The zero-order chi connectivity index (χ0) is 23.5. The van der Waals surface area contributed by atoms with Crippen LogP contribution in [0, 0.1) is 0 Å². The molecular weight excluding hydrogens is 448 g/mol. The molecule has 1 aliphatic rings.